The third-order valence-corrected chi connectivity index (χ3v) is 4.87. The first-order chi connectivity index (χ1) is 11.4. The molecule has 0 bridgehead atoms. The molecule has 0 spiro atoms. The summed E-state index contributed by atoms with van der Waals surface area (Å²) in [5.74, 6) is -1.49. The molecule has 1 aromatic heterocycles. The first-order valence-electron chi connectivity index (χ1n) is 7.19. The van der Waals surface area contributed by atoms with Crippen LogP contribution in [0.5, 0.6) is 0 Å². The van der Waals surface area contributed by atoms with Gasteiger partial charge >= 0.3 is 5.97 Å². The standard InChI is InChI=1S/C18H15NO4S/c1-19-9-8-15(16(19)18(21)22)17(20)14-5-3-4-11-10-12(24(2)23)6-7-13(11)14/h3-10H,1-2H3,(H,21,22). The highest BCUT2D eigenvalue weighted by Gasteiger charge is 2.22. The number of benzene rings is 2. The highest BCUT2D eigenvalue weighted by atomic mass is 32.2. The van der Waals surface area contributed by atoms with Gasteiger partial charge in [-0.3, -0.25) is 9.00 Å². The molecule has 24 heavy (non-hydrogen) atoms. The predicted octanol–water partition coefficient (Wildman–Crippen LogP) is 2.84. The molecule has 1 unspecified atom stereocenters. The first kappa shape index (κ1) is 16.1. The van der Waals surface area contributed by atoms with Gasteiger partial charge in [-0.05, 0) is 29.0 Å². The lowest BCUT2D eigenvalue weighted by Gasteiger charge is -2.08. The highest BCUT2D eigenvalue weighted by molar-refractivity contribution is 7.84. The summed E-state index contributed by atoms with van der Waals surface area (Å²) in [5.41, 5.74) is 0.540. The van der Waals surface area contributed by atoms with Crippen molar-refractivity contribution < 1.29 is 18.9 Å². The van der Waals surface area contributed by atoms with Crippen LogP contribution in [0, 0.1) is 0 Å². The van der Waals surface area contributed by atoms with Crippen LogP contribution in [0.2, 0.25) is 0 Å². The smallest absolute Gasteiger partial charge is 0.353 e. The van der Waals surface area contributed by atoms with Crippen molar-refractivity contribution in [2.45, 2.75) is 4.90 Å². The monoisotopic (exact) mass is 341 g/mol. The van der Waals surface area contributed by atoms with E-state index in [1.807, 2.05) is 6.07 Å². The highest BCUT2D eigenvalue weighted by Crippen LogP contribution is 2.25. The predicted molar refractivity (Wildman–Crippen MR) is 92.1 cm³/mol. The maximum absolute atomic E-state index is 12.9. The number of aromatic carboxylic acids is 1. The molecule has 0 aliphatic heterocycles. The van der Waals surface area contributed by atoms with E-state index in [-0.39, 0.29) is 17.0 Å². The number of hydrogen-bond acceptors (Lipinski definition) is 3. The molecule has 1 atom stereocenters. The Hall–Kier alpha value is -2.73. The van der Waals surface area contributed by atoms with Crippen LogP contribution in [-0.4, -0.2) is 31.9 Å². The van der Waals surface area contributed by atoms with Crippen molar-refractivity contribution in [1.82, 2.24) is 4.57 Å². The topological polar surface area (TPSA) is 76.4 Å². The van der Waals surface area contributed by atoms with Crippen LogP contribution in [0.15, 0.2) is 53.6 Å². The Morgan fingerprint density at radius 1 is 1.08 bits per heavy atom. The molecular weight excluding hydrogens is 326 g/mol. The van der Waals surface area contributed by atoms with Crippen LogP contribution in [0.25, 0.3) is 10.8 Å². The Bertz CT molecular complexity index is 1000. The molecule has 122 valence electrons. The van der Waals surface area contributed by atoms with Crippen molar-refractivity contribution in [2.75, 3.05) is 6.26 Å². The Morgan fingerprint density at radius 2 is 1.83 bits per heavy atom. The molecule has 0 saturated heterocycles. The minimum absolute atomic E-state index is 0.0386. The van der Waals surface area contributed by atoms with Crippen molar-refractivity contribution in [1.29, 1.82) is 0 Å². The van der Waals surface area contributed by atoms with Gasteiger partial charge in [0.05, 0.1) is 5.56 Å². The van der Waals surface area contributed by atoms with Gasteiger partial charge in [0, 0.05) is 40.8 Å². The third kappa shape index (κ3) is 2.65. The summed E-state index contributed by atoms with van der Waals surface area (Å²) in [6.45, 7) is 0. The average molecular weight is 341 g/mol. The lowest BCUT2D eigenvalue weighted by atomic mass is 9.97. The SMILES string of the molecule is Cn1ccc(C(=O)c2cccc3cc(S(C)=O)ccc23)c1C(=O)O. The zero-order valence-electron chi connectivity index (χ0n) is 13.1. The number of nitrogens with zero attached hydrogens (tertiary/aromatic N) is 1. The lowest BCUT2D eigenvalue weighted by molar-refractivity contribution is 0.0682. The molecular formula is C18H15NO4S. The largest absolute Gasteiger partial charge is 0.477 e. The minimum atomic E-state index is -1.14. The van der Waals surface area contributed by atoms with Gasteiger partial charge in [-0.15, -0.1) is 0 Å². The summed E-state index contributed by atoms with van der Waals surface area (Å²) < 4.78 is 13.0. The number of carbonyl (C=O) groups excluding carboxylic acids is 1. The van der Waals surface area contributed by atoms with Crippen LogP contribution in [0.1, 0.15) is 26.4 Å². The molecule has 0 aliphatic rings. The number of carboxylic acid groups (broad SMARTS) is 1. The Balaban J connectivity index is 2.18. The molecule has 5 nitrogen and oxygen atoms in total. The second-order valence-corrected chi connectivity index (χ2v) is 6.85. The minimum Gasteiger partial charge on any atom is -0.477 e. The van der Waals surface area contributed by atoms with E-state index in [9.17, 15) is 18.9 Å². The van der Waals surface area contributed by atoms with Gasteiger partial charge < -0.3 is 9.67 Å². The normalized spacial score (nSPS) is 12.2. The van der Waals surface area contributed by atoms with Crippen LogP contribution < -0.4 is 0 Å². The van der Waals surface area contributed by atoms with Gasteiger partial charge in [-0.1, -0.05) is 24.3 Å². The lowest BCUT2D eigenvalue weighted by Crippen LogP contribution is -2.12. The molecule has 3 rings (SSSR count). The second kappa shape index (κ2) is 6.05. The van der Waals surface area contributed by atoms with E-state index in [1.54, 1.807) is 49.8 Å². The number of aromatic nitrogens is 1. The molecule has 1 N–H and O–H groups in total. The molecule has 1 heterocycles. The zero-order valence-corrected chi connectivity index (χ0v) is 14.0. The molecule has 0 fully saturated rings. The van der Waals surface area contributed by atoms with Crippen LogP contribution in [0.3, 0.4) is 0 Å². The van der Waals surface area contributed by atoms with Crippen LogP contribution >= 0.6 is 0 Å². The Kier molecular flexibility index (Phi) is 4.07. The van der Waals surface area contributed by atoms with Crippen LogP contribution in [0.4, 0.5) is 0 Å². The molecule has 3 aromatic rings. The third-order valence-electron chi connectivity index (χ3n) is 3.95. The maximum Gasteiger partial charge on any atom is 0.353 e. The fourth-order valence-electron chi connectivity index (χ4n) is 2.76. The average Bonchev–Trinajstić information content (AvgIpc) is 2.94. The molecule has 0 amide bonds. The summed E-state index contributed by atoms with van der Waals surface area (Å²) in [6, 6.07) is 12.0. The number of carbonyl (C=O) groups is 2. The van der Waals surface area contributed by atoms with E-state index in [4.69, 9.17) is 0 Å². The van der Waals surface area contributed by atoms with Gasteiger partial charge in [-0.2, -0.15) is 0 Å². The number of carboxylic acids is 1. The van der Waals surface area contributed by atoms with Crippen molar-refractivity contribution in [2.24, 2.45) is 7.05 Å². The molecule has 2 aromatic carbocycles. The number of hydrogen-bond donors (Lipinski definition) is 1. The maximum atomic E-state index is 12.9. The van der Waals surface area contributed by atoms with Crippen LogP contribution in [-0.2, 0) is 17.8 Å². The van der Waals surface area contributed by atoms with Gasteiger partial charge in [0.25, 0.3) is 0 Å². The number of fused-ring (bicyclic) bond motifs is 1. The van der Waals surface area contributed by atoms with E-state index >= 15 is 0 Å². The number of aryl methyl sites for hydroxylation is 1. The van der Waals surface area contributed by atoms with Gasteiger partial charge in [0.15, 0.2) is 5.78 Å². The van der Waals surface area contributed by atoms with Crippen molar-refractivity contribution in [3.05, 3.63) is 65.5 Å². The fourth-order valence-corrected chi connectivity index (χ4v) is 3.32. The summed E-state index contributed by atoms with van der Waals surface area (Å²) in [6.07, 6.45) is 3.15. The second-order valence-electron chi connectivity index (χ2n) is 5.47. The quantitative estimate of drug-likeness (QED) is 0.740. The van der Waals surface area contributed by atoms with E-state index in [0.717, 1.165) is 5.39 Å². The van der Waals surface area contributed by atoms with Gasteiger partial charge in [0.2, 0.25) is 0 Å². The van der Waals surface area contributed by atoms with Crippen molar-refractivity contribution in [3.8, 4) is 0 Å². The number of ketones is 1. The Labute approximate surface area is 141 Å². The summed E-state index contributed by atoms with van der Waals surface area (Å²) in [5, 5.41) is 10.8. The molecule has 0 radical (unpaired) electrons. The fraction of sp³-hybridized carbons (Fsp3) is 0.111. The molecule has 0 aliphatic carbocycles. The van der Waals surface area contributed by atoms with E-state index in [0.29, 0.717) is 15.8 Å². The van der Waals surface area contributed by atoms with Gasteiger partial charge in [-0.25, -0.2) is 4.79 Å². The summed E-state index contributed by atoms with van der Waals surface area (Å²) in [7, 11) is 0.479. The first-order valence-corrected chi connectivity index (χ1v) is 8.75. The summed E-state index contributed by atoms with van der Waals surface area (Å²) in [4.78, 5) is 25.0. The number of rotatable bonds is 4. The zero-order chi connectivity index (χ0) is 17.4. The van der Waals surface area contributed by atoms with E-state index < -0.39 is 16.8 Å². The van der Waals surface area contributed by atoms with E-state index in [2.05, 4.69) is 0 Å². The van der Waals surface area contributed by atoms with Crippen molar-refractivity contribution in [3.63, 3.8) is 0 Å². The summed E-state index contributed by atoms with van der Waals surface area (Å²) >= 11 is 0. The molecule has 0 saturated carbocycles. The molecule has 6 heteroatoms. The van der Waals surface area contributed by atoms with Crippen molar-refractivity contribution >= 4 is 33.3 Å². The van der Waals surface area contributed by atoms with Gasteiger partial charge in [0.1, 0.15) is 5.69 Å². The Morgan fingerprint density at radius 3 is 2.50 bits per heavy atom. The van der Waals surface area contributed by atoms with E-state index in [1.165, 1.54) is 10.6 Å².